The van der Waals surface area contributed by atoms with Gasteiger partial charge in [0.15, 0.2) is 0 Å². The zero-order valence-electron chi connectivity index (χ0n) is 11.1. The molecular weight excluding hydrogens is 322 g/mol. The fourth-order valence-electron chi connectivity index (χ4n) is 1.48. The average molecular weight is 336 g/mol. The summed E-state index contributed by atoms with van der Waals surface area (Å²) in [7, 11) is -3.26. The number of sulfonamides is 1. The summed E-state index contributed by atoms with van der Waals surface area (Å²) in [4.78, 5) is 21.9. The molecule has 0 spiro atoms. The van der Waals surface area contributed by atoms with Crippen LogP contribution in [0.1, 0.15) is 16.8 Å². The molecule has 10 heteroatoms. The predicted octanol–water partition coefficient (Wildman–Crippen LogP) is 0.917. The molecule has 0 aliphatic carbocycles. The molecule has 1 rings (SSSR count). The number of carbonyl (C=O) groups excluding carboxylic acids is 1. The third kappa shape index (κ3) is 5.66. The number of rotatable bonds is 7. The summed E-state index contributed by atoms with van der Waals surface area (Å²) < 4.78 is 23.9. The van der Waals surface area contributed by atoms with Crippen molar-refractivity contribution in [3.8, 4) is 0 Å². The largest absolute Gasteiger partial charge is 0.352 e. The lowest BCUT2D eigenvalue weighted by Crippen LogP contribution is -2.29. The third-order valence-electron chi connectivity index (χ3n) is 2.42. The Morgan fingerprint density at radius 1 is 1.38 bits per heavy atom. The van der Waals surface area contributed by atoms with E-state index >= 15 is 0 Å². The first-order valence-electron chi connectivity index (χ1n) is 5.88. The van der Waals surface area contributed by atoms with Crippen LogP contribution >= 0.6 is 11.6 Å². The summed E-state index contributed by atoms with van der Waals surface area (Å²) in [5.41, 5.74) is -0.343. The van der Waals surface area contributed by atoms with Gasteiger partial charge in [-0.15, -0.1) is 0 Å². The van der Waals surface area contributed by atoms with E-state index in [4.69, 9.17) is 11.6 Å². The van der Waals surface area contributed by atoms with Crippen LogP contribution in [0.5, 0.6) is 0 Å². The van der Waals surface area contributed by atoms with Crippen molar-refractivity contribution >= 4 is 33.2 Å². The summed E-state index contributed by atoms with van der Waals surface area (Å²) in [5.74, 6) is -0.553. The maximum Gasteiger partial charge on any atom is 0.288 e. The molecule has 8 nitrogen and oxygen atoms in total. The van der Waals surface area contributed by atoms with Crippen molar-refractivity contribution in [3.63, 3.8) is 0 Å². The summed E-state index contributed by atoms with van der Waals surface area (Å²) in [6.45, 7) is 0.391. The van der Waals surface area contributed by atoms with Gasteiger partial charge in [0, 0.05) is 19.2 Å². The molecular formula is C11H14ClN3O5S. The Morgan fingerprint density at radius 3 is 2.62 bits per heavy atom. The first kappa shape index (κ1) is 17.3. The molecule has 1 aromatic rings. The lowest BCUT2D eigenvalue weighted by Gasteiger charge is -2.07. The van der Waals surface area contributed by atoms with Crippen LogP contribution < -0.4 is 10.0 Å². The van der Waals surface area contributed by atoms with Gasteiger partial charge in [-0.2, -0.15) is 0 Å². The zero-order chi connectivity index (χ0) is 16.0. The van der Waals surface area contributed by atoms with Crippen molar-refractivity contribution in [2.24, 2.45) is 0 Å². The molecule has 0 unspecified atom stereocenters. The van der Waals surface area contributed by atoms with Crippen LogP contribution in [0.15, 0.2) is 18.2 Å². The first-order chi connectivity index (χ1) is 9.72. The third-order valence-corrected chi connectivity index (χ3v) is 3.55. The number of hydrogen-bond acceptors (Lipinski definition) is 5. The Balaban J connectivity index is 2.57. The first-order valence-corrected chi connectivity index (χ1v) is 8.15. The van der Waals surface area contributed by atoms with Gasteiger partial charge in [-0.3, -0.25) is 14.9 Å². The fourth-order valence-corrected chi connectivity index (χ4v) is 2.28. The molecule has 21 heavy (non-hydrogen) atoms. The van der Waals surface area contributed by atoms with E-state index in [0.29, 0.717) is 6.42 Å². The number of nitrogens with one attached hydrogen (secondary N) is 2. The second-order valence-corrected chi connectivity index (χ2v) is 6.38. The predicted molar refractivity (Wildman–Crippen MR) is 77.9 cm³/mol. The average Bonchev–Trinajstić information content (AvgIpc) is 2.36. The van der Waals surface area contributed by atoms with Crippen molar-refractivity contribution in [1.82, 2.24) is 10.0 Å². The van der Waals surface area contributed by atoms with Crippen molar-refractivity contribution in [2.75, 3.05) is 19.3 Å². The molecule has 0 aliphatic rings. The Bertz CT molecular complexity index is 647. The molecule has 0 saturated carbocycles. The quantitative estimate of drug-likeness (QED) is 0.436. The number of halogens is 1. The monoisotopic (exact) mass is 335 g/mol. The van der Waals surface area contributed by atoms with E-state index in [0.717, 1.165) is 6.26 Å². The number of benzene rings is 1. The van der Waals surface area contributed by atoms with Gasteiger partial charge in [0.05, 0.1) is 16.7 Å². The highest BCUT2D eigenvalue weighted by molar-refractivity contribution is 7.88. The normalized spacial score (nSPS) is 11.1. The van der Waals surface area contributed by atoms with Crippen LogP contribution in [-0.2, 0) is 10.0 Å². The number of nitro groups is 1. The molecule has 0 fully saturated rings. The van der Waals surface area contributed by atoms with Gasteiger partial charge in [0.2, 0.25) is 10.0 Å². The van der Waals surface area contributed by atoms with Crippen LogP contribution in [0, 0.1) is 10.1 Å². The summed E-state index contributed by atoms with van der Waals surface area (Å²) >= 11 is 5.80. The molecule has 1 aromatic carbocycles. The van der Waals surface area contributed by atoms with E-state index < -0.39 is 20.9 Å². The van der Waals surface area contributed by atoms with Gasteiger partial charge in [0.25, 0.3) is 11.6 Å². The molecule has 1 amide bonds. The smallest absolute Gasteiger partial charge is 0.288 e. The zero-order valence-corrected chi connectivity index (χ0v) is 12.7. The minimum Gasteiger partial charge on any atom is -0.352 e. The molecule has 0 heterocycles. The van der Waals surface area contributed by atoms with E-state index in [1.165, 1.54) is 18.2 Å². The van der Waals surface area contributed by atoms with E-state index in [9.17, 15) is 23.3 Å². The molecule has 2 N–H and O–H groups in total. The SMILES string of the molecule is CS(=O)(=O)NCCCNC(=O)c1cccc([N+](=O)[O-])c1Cl. The molecule has 0 atom stereocenters. The Morgan fingerprint density at radius 2 is 2.05 bits per heavy atom. The summed E-state index contributed by atoms with van der Waals surface area (Å²) in [6, 6.07) is 3.94. The van der Waals surface area contributed by atoms with Gasteiger partial charge < -0.3 is 5.32 Å². The molecule has 0 aliphatic heterocycles. The second-order valence-electron chi connectivity index (χ2n) is 4.17. The van der Waals surface area contributed by atoms with Crippen LogP contribution in [0.25, 0.3) is 0 Å². The lowest BCUT2D eigenvalue weighted by atomic mass is 10.2. The highest BCUT2D eigenvalue weighted by atomic mass is 35.5. The molecule has 0 radical (unpaired) electrons. The minimum atomic E-state index is -3.26. The molecule has 116 valence electrons. The van der Waals surface area contributed by atoms with Crippen molar-refractivity contribution < 1.29 is 18.1 Å². The van der Waals surface area contributed by atoms with Crippen LogP contribution in [0.3, 0.4) is 0 Å². The lowest BCUT2D eigenvalue weighted by molar-refractivity contribution is -0.384. The maximum absolute atomic E-state index is 11.8. The van der Waals surface area contributed by atoms with E-state index in [-0.39, 0.29) is 29.4 Å². The van der Waals surface area contributed by atoms with Crippen molar-refractivity contribution in [1.29, 1.82) is 0 Å². The molecule has 0 saturated heterocycles. The summed E-state index contributed by atoms with van der Waals surface area (Å²) in [6.07, 6.45) is 1.42. The Kier molecular flexibility index (Phi) is 6.06. The van der Waals surface area contributed by atoms with Crippen LogP contribution in [-0.4, -0.2) is 38.6 Å². The number of amides is 1. The standard InChI is InChI=1S/C11H14ClN3O5S/c1-21(19,20)14-7-3-6-13-11(16)8-4-2-5-9(10(8)12)15(17)18/h2,4-5,14H,3,6-7H2,1H3,(H,13,16). The van der Waals surface area contributed by atoms with E-state index in [1.54, 1.807) is 0 Å². The number of carbonyl (C=O) groups is 1. The Hall–Kier alpha value is -1.71. The molecule has 0 bridgehead atoms. The fraction of sp³-hybridized carbons (Fsp3) is 0.364. The van der Waals surface area contributed by atoms with Gasteiger partial charge in [-0.25, -0.2) is 13.1 Å². The minimum absolute atomic E-state index is 0.00180. The van der Waals surface area contributed by atoms with Gasteiger partial charge in [-0.05, 0) is 12.5 Å². The molecule has 0 aromatic heterocycles. The van der Waals surface area contributed by atoms with Gasteiger partial charge in [-0.1, -0.05) is 17.7 Å². The number of nitrogens with zero attached hydrogens (tertiary/aromatic N) is 1. The maximum atomic E-state index is 11.8. The van der Waals surface area contributed by atoms with Crippen LogP contribution in [0.2, 0.25) is 5.02 Å². The van der Waals surface area contributed by atoms with E-state index in [2.05, 4.69) is 10.0 Å². The van der Waals surface area contributed by atoms with Gasteiger partial charge in [0.1, 0.15) is 5.02 Å². The number of nitro benzene ring substituents is 1. The Labute approximate surface area is 126 Å². The topological polar surface area (TPSA) is 118 Å². The second kappa shape index (κ2) is 7.34. The number of hydrogen-bond donors (Lipinski definition) is 2. The van der Waals surface area contributed by atoms with Crippen molar-refractivity contribution in [3.05, 3.63) is 38.9 Å². The highest BCUT2D eigenvalue weighted by Gasteiger charge is 2.19. The van der Waals surface area contributed by atoms with Gasteiger partial charge >= 0.3 is 0 Å². The summed E-state index contributed by atoms with van der Waals surface area (Å²) in [5, 5.41) is 13.0. The van der Waals surface area contributed by atoms with E-state index in [1.807, 2.05) is 0 Å². The van der Waals surface area contributed by atoms with Crippen molar-refractivity contribution in [2.45, 2.75) is 6.42 Å². The van der Waals surface area contributed by atoms with Crippen LogP contribution in [0.4, 0.5) is 5.69 Å². The highest BCUT2D eigenvalue weighted by Crippen LogP contribution is 2.27.